The van der Waals surface area contributed by atoms with E-state index in [0.717, 1.165) is 64.9 Å². The number of nitrogens with one attached hydrogen (secondary N) is 2. The number of nitrogens with zero attached hydrogens (tertiary/aromatic N) is 2. The maximum atomic E-state index is 5.72. The van der Waals surface area contributed by atoms with Gasteiger partial charge in [0.05, 0.1) is 13.2 Å². The molecule has 7 heteroatoms. The lowest BCUT2D eigenvalue weighted by Crippen LogP contribution is -2.37. The first-order valence-corrected chi connectivity index (χ1v) is 9.50. The van der Waals surface area contributed by atoms with Crippen molar-refractivity contribution in [2.45, 2.75) is 25.9 Å². The fourth-order valence-electron chi connectivity index (χ4n) is 2.88. The van der Waals surface area contributed by atoms with Gasteiger partial charge in [-0.25, -0.2) is 0 Å². The molecule has 2 rings (SSSR count). The SMILES string of the molecule is CN=C(NCCCOCC1CCOC1)NCc1ccc(CN(C)C)cc1.I. The topological polar surface area (TPSA) is 58.1 Å². The maximum Gasteiger partial charge on any atom is 0.191 e. The third kappa shape index (κ3) is 10.3. The van der Waals surface area contributed by atoms with Gasteiger partial charge in [-0.15, -0.1) is 24.0 Å². The Bertz CT molecular complexity index is 531. The van der Waals surface area contributed by atoms with Gasteiger partial charge in [0, 0.05) is 45.8 Å². The summed E-state index contributed by atoms with van der Waals surface area (Å²) in [7, 11) is 5.96. The number of hydrogen-bond acceptors (Lipinski definition) is 4. The average molecular weight is 490 g/mol. The van der Waals surface area contributed by atoms with Crippen LogP contribution in [0.1, 0.15) is 24.0 Å². The van der Waals surface area contributed by atoms with Gasteiger partial charge in [-0.1, -0.05) is 24.3 Å². The highest BCUT2D eigenvalue weighted by atomic mass is 127. The summed E-state index contributed by atoms with van der Waals surface area (Å²) in [6.07, 6.45) is 2.10. The highest BCUT2D eigenvalue weighted by Gasteiger charge is 2.15. The molecule has 0 saturated carbocycles. The van der Waals surface area contributed by atoms with Gasteiger partial charge >= 0.3 is 0 Å². The van der Waals surface area contributed by atoms with E-state index in [2.05, 4.69) is 58.9 Å². The molecule has 2 N–H and O–H groups in total. The Balaban J connectivity index is 0.00000364. The average Bonchev–Trinajstić information content (AvgIpc) is 3.14. The maximum absolute atomic E-state index is 5.72. The van der Waals surface area contributed by atoms with E-state index in [4.69, 9.17) is 9.47 Å². The summed E-state index contributed by atoms with van der Waals surface area (Å²) in [6.45, 7) is 5.90. The van der Waals surface area contributed by atoms with Gasteiger partial charge in [-0.3, -0.25) is 4.99 Å². The van der Waals surface area contributed by atoms with Crippen LogP contribution in [0.5, 0.6) is 0 Å². The molecule has 1 atom stereocenters. The molecule has 1 aromatic carbocycles. The Morgan fingerprint density at radius 1 is 1.22 bits per heavy atom. The Kier molecular flexibility index (Phi) is 12.6. The summed E-state index contributed by atoms with van der Waals surface area (Å²) in [5.74, 6) is 1.41. The van der Waals surface area contributed by atoms with Gasteiger partial charge < -0.3 is 25.0 Å². The quantitative estimate of drug-likeness (QED) is 0.229. The summed E-state index contributed by atoms with van der Waals surface area (Å²) < 4.78 is 11.1. The molecule has 1 heterocycles. The molecule has 1 unspecified atom stereocenters. The second-order valence-corrected chi connectivity index (χ2v) is 7.06. The Labute approximate surface area is 181 Å². The van der Waals surface area contributed by atoms with Gasteiger partial charge in [0.25, 0.3) is 0 Å². The van der Waals surface area contributed by atoms with Crippen LogP contribution >= 0.6 is 24.0 Å². The molecule has 154 valence electrons. The van der Waals surface area contributed by atoms with E-state index in [9.17, 15) is 0 Å². The second-order valence-electron chi connectivity index (χ2n) is 7.06. The lowest BCUT2D eigenvalue weighted by Gasteiger charge is -2.13. The number of aliphatic imine (C=N–C) groups is 1. The third-order valence-corrected chi connectivity index (χ3v) is 4.34. The molecule has 0 aliphatic carbocycles. The van der Waals surface area contributed by atoms with Crippen LogP contribution in [-0.4, -0.2) is 65.0 Å². The fraction of sp³-hybridized carbons (Fsp3) is 0.650. The standard InChI is InChI=1S/C20H34N4O2.HI/c1-21-20(22-10-4-11-25-15-19-9-12-26-16-19)23-13-17-5-7-18(8-6-17)14-24(2)3;/h5-8,19H,4,9-16H2,1-3H3,(H2,21,22,23);1H. The lowest BCUT2D eigenvalue weighted by atomic mass is 10.1. The molecule has 1 aromatic rings. The number of rotatable bonds is 10. The minimum Gasteiger partial charge on any atom is -0.381 e. The molecule has 0 amide bonds. The molecule has 6 nitrogen and oxygen atoms in total. The molecule has 1 aliphatic heterocycles. The van der Waals surface area contributed by atoms with Crippen molar-refractivity contribution >= 4 is 29.9 Å². The zero-order valence-corrected chi connectivity index (χ0v) is 19.2. The van der Waals surface area contributed by atoms with Crippen molar-refractivity contribution in [3.8, 4) is 0 Å². The molecule has 1 fully saturated rings. The molecule has 0 bridgehead atoms. The zero-order chi connectivity index (χ0) is 18.6. The van der Waals surface area contributed by atoms with Crippen LogP contribution in [0.2, 0.25) is 0 Å². The van der Waals surface area contributed by atoms with E-state index >= 15 is 0 Å². The van der Waals surface area contributed by atoms with Crippen LogP contribution in [0, 0.1) is 5.92 Å². The highest BCUT2D eigenvalue weighted by Crippen LogP contribution is 2.12. The molecule has 0 aromatic heterocycles. The van der Waals surface area contributed by atoms with Gasteiger partial charge in [-0.2, -0.15) is 0 Å². The first-order valence-electron chi connectivity index (χ1n) is 9.50. The summed E-state index contributed by atoms with van der Waals surface area (Å²) in [6, 6.07) is 8.69. The van der Waals surface area contributed by atoms with Crippen molar-refractivity contribution in [2.24, 2.45) is 10.9 Å². The van der Waals surface area contributed by atoms with E-state index < -0.39 is 0 Å². The molecule has 0 spiro atoms. The highest BCUT2D eigenvalue weighted by molar-refractivity contribution is 14.0. The molecule has 27 heavy (non-hydrogen) atoms. The summed E-state index contributed by atoms with van der Waals surface area (Å²) in [4.78, 5) is 6.44. The number of ether oxygens (including phenoxy) is 2. The summed E-state index contributed by atoms with van der Waals surface area (Å²) >= 11 is 0. The first kappa shape index (κ1) is 24.1. The number of halogens is 1. The normalized spacial score (nSPS) is 17.0. The van der Waals surface area contributed by atoms with Gasteiger partial charge in [0.15, 0.2) is 5.96 Å². The van der Waals surface area contributed by atoms with Crippen LogP contribution < -0.4 is 10.6 Å². The van der Waals surface area contributed by atoms with Crippen molar-refractivity contribution in [3.63, 3.8) is 0 Å². The second kappa shape index (κ2) is 14.1. The Hall–Kier alpha value is -0.900. The number of hydrogen-bond donors (Lipinski definition) is 2. The van der Waals surface area contributed by atoms with Crippen LogP contribution in [0.3, 0.4) is 0 Å². The molecular formula is C20H35IN4O2. The Morgan fingerprint density at radius 2 is 1.96 bits per heavy atom. The van der Waals surface area contributed by atoms with E-state index in [1.165, 1.54) is 11.1 Å². The van der Waals surface area contributed by atoms with Crippen molar-refractivity contribution in [2.75, 3.05) is 54.1 Å². The molecule has 1 aliphatic rings. The summed E-state index contributed by atoms with van der Waals surface area (Å²) in [5.41, 5.74) is 2.57. The fourth-order valence-corrected chi connectivity index (χ4v) is 2.88. The van der Waals surface area contributed by atoms with Crippen molar-refractivity contribution in [1.29, 1.82) is 0 Å². The van der Waals surface area contributed by atoms with Crippen LogP contribution in [-0.2, 0) is 22.6 Å². The molecular weight excluding hydrogens is 455 g/mol. The van der Waals surface area contributed by atoms with E-state index in [1.807, 2.05) is 0 Å². The van der Waals surface area contributed by atoms with Gasteiger partial charge in [0.1, 0.15) is 0 Å². The smallest absolute Gasteiger partial charge is 0.191 e. The van der Waals surface area contributed by atoms with Crippen molar-refractivity contribution < 1.29 is 9.47 Å². The predicted octanol–water partition coefficient (Wildman–Crippen LogP) is 2.47. The molecule has 0 radical (unpaired) electrons. The monoisotopic (exact) mass is 490 g/mol. The van der Waals surface area contributed by atoms with Crippen molar-refractivity contribution in [1.82, 2.24) is 15.5 Å². The van der Waals surface area contributed by atoms with Gasteiger partial charge in [0.2, 0.25) is 0 Å². The molecule has 1 saturated heterocycles. The zero-order valence-electron chi connectivity index (χ0n) is 16.9. The minimum absolute atomic E-state index is 0. The van der Waals surface area contributed by atoms with E-state index in [0.29, 0.717) is 5.92 Å². The van der Waals surface area contributed by atoms with Crippen molar-refractivity contribution in [3.05, 3.63) is 35.4 Å². The van der Waals surface area contributed by atoms with E-state index in [-0.39, 0.29) is 24.0 Å². The lowest BCUT2D eigenvalue weighted by molar-refractivity contribution is 0.0888. The number of guanidine groups is 1. The summed E-state index contributed by atoms with van der Waals surface area (Å²) in [5, 5.41) is 6.69. The van der Waals surface area contributed by atoms with Gasteiger partial charge in [-0.05, 0) is 38.1 Å². The largest absolute Gasteiger partial charge is 0.381 e. The van der Waals surface area contributed by atoms with E-state index in [1.54, 1.807) is 7.05 Å². The van der Waals surface area contributed by atoms with Crippen LogP contribution in [0.15, 0.2) is 29.3 Å². The van der Waals surface area contributed by atoms with Crippen LogP contribution in [0.25, 0.3) is 0 Å². The first-order chi connectivity index (χ1) is 12.7. The Morgan fingerprint density at radius 3 is 2.59 bits per heavy atom. The number of benzene rings is 1. The minimum atomic E-state index is 0. The third-order valence-electron chi connectivity index (χ3n) is 4.34. The predicted molar refractivity (Wildman–Crippen MR) is 122 cm³/mol. The van der Waals surface area contributed by atoms with Crippen LogP contribution in [0.4, 0.5) is 0 Å².